The van der Waals surface area contributed by atoms with Crippen LogP contribution in [-0.2, 0) is 0 Å². The number of hydroxylamine groups is 1. The number of aromatic nitrogens is 1. The molecule has 4 rings (SSSR count). The van der Waals surface area contributed by atoms with Crippen molar-refractivity contribution >= 4 is 45.0 Å². The van der Waals surface area contributed by atoms with Crippen LogP contribution < -0.4 is 15.1 Å². The van der Waals surface area contributed by atoms with Crippen molar-refractivity contribution < 1.29 is 32.7 Å². The molecular formula is C26H16BrClF3N3O4. The Kier molecular flexibility index (Phi) is 8.00. The number of carbonyl (C=O) groups is 2. The number of nitrogens with zero attached hydrogens (tertiary/aromatic N) is 2. The van der Waals surface area contributed by atoms with Crippen molar-refractivity contribution in [2.24, 2.45) is 0 Å². The van der Waals surface area contributed by atoms with Gasteiger partial charge in [-0.3, -0.25) is 19.8 Å². The van der Waals surface area contributed by atoms with Crippen LogP contribution in [-0.4, -0.2) is 29.1 Å². The fourth-order valence-electron chi connectivity index (χ4n) is 3.40. The third-order valence-electron chi connectivity index (χ3n) is 5.31. The summed E-state index contributed by atoms with van der Waals surface area (Å²) < 4.78 is 47.6. The number of hydrogen-bond acceptors (Lipinski definition) is 5. The first-order chi connectivity index (χ1) is 18.1. The second kappa shape index (κ2) is 11.2. The van der Waals surface area contributed by atoms with Crippen molar-refractivity contribution in [3.63, 3.8) is 0 Å². The predicted molar refractivity (Wildman–Crippen MR) is 137 cm³/mol. The highest BCUT2D eigenvalue weighted by Gasteiger charge is 2.21. The van der Waals surface area contributed by atoms with Gasteiger partial charge in [-0.1, -0.05) is 11.6 Å². The lowest BCUT2D eigenvalue weighted by Gasteiger charge is -2.18. The van der Waals surface area contributed by atoms with Crippen molar-refractivity contribution in [1.29, 1.82) is 0 Å². The van der Waals surface area contributed by atoms with Gasteiger partial charge in [0.1, 0.15) is 17.2 Å². The van der Waals surface area contributed by atoms with E-state index in [9.17, 15) is 28.0 Å². The molecule has 194 valence electrons. The van der Waals surface area contributed by atoms with Gasteiger partial charge in [-0.25, -0.2) is 13.2 Å². The number of ether oxygens (including phenoxy) is 1. The Morgan fingerprint density at radius 2 is 1.76 bits per heavy atom. The van der Waals surface area contributed by atoms with Gasteiger partial charge in [-0.15, -0.1) is 0 Å². The van der Waals surface area contributed by atoms with E-state index in [0.29, 0.717) is 21.0 Å². The van der Waals surface area contributed by atoms with Crippen LogP contribution in [0.25, 0.3) is 11.1 Å². The summed E-state index contributed by atoms with van der Waals surface area (Å²) in [6.07, 6.45) is 1.40. The molecule has 2 amide bonds. The molecule has 0 fully saturated rings. The van der Waals surface area contributed by atoms with Crippen LogP contribution in [0.5, 0.6) is 11.5 Å². The van der Waals surface area contributed by atoms with Crippen LogP contribution in [0.1, 0.15) is 20.8 Å². The van der Waals surface area contributed by atoms with Gasteiger partial charge in [-0.05, 0) is 70.5 Å². The molecule has 0 radical (unpaired) electrons. The van der Waals surface area contributed by atoms with E-state index in [1.54, 1.807) is 6.07 Å². The fourth-order valence-corrected chi connectivity index (χ4v) is 4.07. The maximum Gasteiger partial charge on any atom is 0.282 e. The van der Waals surface area contributed by atoms with Gasteiger partial charge in [-0.2, -0.15) is 5.06 Å². The molecule has 0 saturated carbocycles. The molecule has 1 heterocycles. The number of rotatable bonds is 6. The maximum atomic E-state index is 14.3. The minimum absolute atomic E-state index is 0.0144. The predicted octanol–water partition coefficient (Wildman–Crippen LogP) is 6.77. The lowest BCUT2D eigenvalue weighted by atomic mass is 10.0. The Labute approximate surface area is 227 Å². The third kappa shape index (κ3) is 5.49. The SMILES string of the molecule is CNC(=O)c1cc(Oc2ccc(C(=O)N(O)c3ccc(Cl)c(-c4ccc(F)c(F)c4F)c3)cc2Br)ccn1. The average molecular weight is 607 g/mol. The summed E-state index contributed by atoms with van der Waals surface area (Å²) in [5.74, 6) is -5.13. The summed E-state index contributed by atoms with van der Waals surface area (Å²) in [5, 5.41) is 13.3. The first-order valence-electron chi connectivity index (χ1n) is 10.7. The number of carbonyl (C=O) groups excluding carboxylic acids is 2. The molecule has 0 aliphatic rings. The zero-order valence-corrected chi connectivity index (χ0v) is 21.6. The molecule has 0 unspecified atom stereocenters. The highest BCUT2D eigenvalue weighted by Crippen LogP contribution is 2.35. The van der Waals surface area contributed by atoms with Gasteiger partial charge >= 0.3 is 0 Å². The average Bonchev–Trinajstić information content (AvgIpc) is 2.92. The van der Waals surface area contributed by atoms with Crippen LogP contribution in [0.2, 0.25) is 5.02 Å². The molecule has 0 bridgehead atoms. The number of nitrogens with one attached hydrogen (secondary N) is 1. The fraction of sp³-hybridized carbons (Fsp3) is 0.0385. The van der Waals surface area contributed by atoms with Gasteiger partial charge in [0, 0.05) is 41.0 Å². The summed E-state index contributed by atoms with van der Waals surface area (Å²) in [6, 6.07) is 12.7. The minimum Gasteiger partial charge on any atom is -0.456 e. The van der Waals surface area contributed by atoms with E-state index in [0.717, 1.165) is 18.2 Å². The van der Waals surface area contributed by atoms with Crippen LogP contribution in [0.15, 0.2) is 71.3 Å². The quantitative estimate of drug-likeness (QED) is 0.144. The van der Waals surface area contributed by atoms with Crippen molar-refractivity contribution in [1.82, 2.24) is 10.3 Å². The van der Waals surface area contributed by atoms with Crippen LogP contribution >= 0.6 is 27.5 Å². The molecule has 0 saturated heterocycles. The number of benzene rings is 3. The second-order valence-corrected chi connectivity index (χ2v) is 8.97. The molecule has 2 N–H and O–H groups in total. The van der Waals surface area contributed by atoms with Gasteiger partial charge in [0.2, 0.25) is 0 Å². The number of amides is 2. The molecule has 3 aromatic carbocycles. The van der Waals surface area contributed by atoms with E-state index in [-0.39, 0.29) is 33.1 Å². The van der Waals surface area contributed by atoms with Crippen LogP contribution in [0, 0.1) is 17.5 Å². The zero-order chi connectivity index (χ0) is 27.6. The van der Waals surface area contributed by atoms with Crippen molar-refractivity contribution in [3.05, 3.63) is 105 Å². The first kappa shape index (κ1) is 27.1. The topological polar surface area (TPSA) is 91.8 Å². The first-order valence-corrected chi connectivity index (χ1v) is 11.9. The molecule has 0 spiro atoms. The third-order valence-corrected chi connectivity index (χ3v) is 6.26. The molecule has 7 nitrogen and oxygen atoms in total. The van der Waals surface area contributed by atoms with E-state index in [1.807, 2.05) is 0 Å². The number of hydrogen-bond donors (Lipinski definition) is 2. The van der Waals surface area contributed by atoms with E-state index < -0.39 is 29.3 Å². The Hall–Kier alpha value is -3.93. The van der Waals surface area contributed by atoms with Crippen molar-refractivity contribution in [2.75, 3.05) is 12.1 Å². The van der Waals surface area contributed by atoms with E-state index in [2.05, 4.69) is 26.2 Å². The molecule has 0 atom stereocenters. The largest absolute Gasteiger partial charge is 0.456 e. The number of halogens is 5. The van der Waals surface area contributed by atoms with Gasteiger partial charge in [0.15, 0.2) is 17.5 Å². The molecule has 0 aliphatic carbocycles. The molecule has 0 aliphatic heterocycles. The smallest absolute Gasteiger partial charge is 0.282 e. The summed E-state index contributed by atoms with van der Waals surface area (Å²) >= 11 is 9.44. The summed E-state index contributed by atoms with van der Waals surface area (Å²) in [7, 11) is 1.47. The normalized spacial score (nSPS) is 10.7. The maximum absolute atomic E-state index is 14.3. The van der Waals surface area contributed by atoms with Crippen LogP contribution in [0.4, 0.5) is 18.9 Å². The van der Waals surface area contributed by atoms with Gasteiger partial charge in [0.05, 0.1) is 10.2 Å². The summed E-state index contributed by atoms with van der Waals surface area (Å²) in [5.41, 5.74) is -0.326. The summed E-state index contributed by atoms with van der Waals surface area (Å²) in [6.45, 7) is 0. The zero-order valence-electron chi connectivity index (χ0n) is 19.3. The molecule has 12 heteroatoms. The van der Waals surface area contributed by atoms with Crippen LogP contribution in [0.3, 0.4) is 0 Å². The standard InChI is InChI=1S/C26H16BrClF3N3O4/c1-32-25(35)21-12-15(8-9-33-21)38-22-7-2-13(10-18(22)27)26(36)34(37)14-3-5-19(28)17(11-14)16-4-6-20(29)24(31)23(16)30/h2-12,37H,1H3,(H,32,35). The second-order valence-electron chi connectivity index (χ2n) is 7.71. The van der Waals surface area contributed by atoms with Gasteiger partial charge in [0.25, 0.3) is 11.8 Å². The van der Waals surface area contributed by atoms with Gasteiger partial charge < -0.3 is 10.1 Å². The van der Waals surface area contributed by atoms with E-state index in [4.69, 9.17) is 16.3 Å². The number of pyridine rings is 1. The molecule has 38 heavy (non-hydrogen) atoms. The Bertz CT molecular complexity index is 1570. The lowest BCUT2D eigenvalue weighted by molar-refractivity contribution is 0.0854. The summed E-state index contributed by atoms with van der Waals surface area (Å²) in [4.78, 5) is 28.7. The van der Waals surface area contributed by atoms with E-state index >= 15 is 0 Å². The number of anilines is 1. The van der Waals surface area contributed by atoms with E-state index in [1.165, 1.54) is 49.6 Å². The lowest BCUT2D eigenvalue weighted by Crippen LogP contribution is -2.27. The molecule has 4 aromatic rings. The Balaban J connectivity index is 1.58. The Morgan fingerprint density at radius 1 is 1.00 bits per heavy atom. The highest BCUT2D eigenvalue weighted by molar-refractivity contribution is 9.10. The Morgan fingerprint density at radius 3 is 2.47 bits per heavy atom. The van der Waals surface area contributed by atoms with Crippen molar-refractivity contribution in [3.8, 4) is 22.6 Å². The molecular weight excluding hydrogens is 591 g/mol. The van der Waals surface area contributed by atoms with Crippen molar-refractivity contribution in [2.45, 2.75) is 0 Å². The molecule has 1 aromatic heterocycles. The minimum atomic E-state index is -1.68. The highest BCUT2D eigenvalue weighted by atomic mass is 79.9. The monoisotopic (exact) mass is 605 g/mol.